The van der Waals surface area contributed by atoms with Crippen molar-refractivity contribution in [2.24, 2.45) is 0 Å². The normalized spacial score (nSPS) is 11.5. The summed E-state index contributed by atoms with van der Waals surface area (Å²) in [6.45, 7) is 3.16. The smallest absolute Gasteiger partial charge is 0.132 e. The van der Waals surface area contributed by atoms with Gasteiger partial charge in [-0.3, -0.25) is 0 Å². The fourth-order valence-electron chi connectivity index (χ4n) is 1.79. The highest BCUT2D eigenvalue weighted by atomic mass is 32.1. The number of fused-ring (bicyclic) bond motifs is 3. The van der Waals surface area contributed by atoms with Gasteiger partial charge in [0.1, 0.15) is 16.6 Å². The summed E-state index contributed by atoms with van der Waals surface area (Å²) in [4.78, 5) is 4.40. The lowest BCUT2D eigenvalue weighted by molar-refractivity contribution is 0.697. The van der Waals surface area contributed by atoms with Gasteiger partial charge in [0.15, 0.2) is 0 Å². The molecule has 15 heavy (non-hydrogen) atoms. The molecule has 0 saturated carbocycles. The summed E-state index contributed by atoms with van der Waals surface area (Å²) >= 11 is 1.24. The number of nitrogens with zero attached hydrogens (tertiary/aromatic N) is 4. The molecule has 0 aliphatic rings. The molecule has 0 aliphatic heterocycles. The average Bonchev–Trinajstić information content (AvgIpc) is 2.83. The summed E-state index contributed by atoms with van der Waals surface area (Å²) in [5.41, 5.74) is 3.98. The molecule has 0 saturated heterocycles. The second-order valence-electron chi connectivity index (χ2n) is 3.50. The Morgan fingerprint density at radius 1 is 1.27 bits per heavy atom. The molecule has 0 fully saturated rings. The molecule has 4 nitrogen and oxygen atoms in total. The molecular formula is C10H10N4S. The number of rotatable bonds is 2. The average molecular weight is 218 g/mol. The van der Waals surface area contributed by atoms with Crippen molar-refractivity contribution < 1.29 is 0 Å². The van der Waals surface area contributed by atoms with E-state index in [1.165, 1.54) is 11.7 Å². The van der Waals surface area contributed by atoms with Crippen LogP contribution >= 0.6 is 11.7 Å². The van der Waals surface area contributed by atoms with Gasteiger partial charge >= 0.3 is 0 Å². The Balaban J connectivity index is 2.35. The predicted octanol–water partition coefficient (Wildman–Crippen LogP) is 2.45. The van der Waals surface area contributed by atoms with Crippen molar-refractivity contribution in [3.63, 3.8) is 0 Å². The lowest BCUT2D eigenvalue weighted by Gasteiger charge is -1.99. The van der Waals surface area contributed by atoms with Crippen LogP contribution in [0.2, 0.25) is 0 Å². The maximum Gasteiger partial charge on any atom is 0.132 e. The molecule has 0 unspecified atom stereocenters. The van der Waals surface area contributed by atoms with Crippen LogP contribution < -0.4 is 0 Å². The van der Waals surface area contributed by atoms with Crippen LogP contribution in [0.25, 0.3) is 22.1 Å². The van der Waals surface area contributed by atoms with Crippen molar-refractivity contribution in [1.29, 1.82) is 0 Å². The molecule has 0 spiro atoms. The standard InChI is InChI=1S/C10H10N4S/c1-2-5-14-6-11-10-8(14)4-3-7-9(10)13-15-12-7/h3-4,6H,2,5H2,1H3. The van der Waals surface area contributed by atoms with E-state index in [2.05, 4.69) is 31.3 Å². The van der Waals surface area contributed by atoms with Crippen LogP contribution in [0.15, 0.2) is 18.5 Å². The summed E-state index contributed by atoms with van der Waals surface area (Å²) in [5.74, 6) is 0. The monoisotopic (exact) mass is 218 g/mol. The first-order valence-electron chi connectivity index (χ1n) is 4.96. The molecule has 1 aromatic carbocycles. The van der Waals surface area contributed by atoms with Crippen molar-refractivity contribution in [2.45, 2.75) is 19.9 Å². The summed E-state index contributed by atoms with van der Waals surface area (Å²) in [6, 6.07) is 4.08. The fraction of sp³-hybridized carbons (Fsp3) is 0.300. The third kappa shape index (κ3) is 1.23. The molecule has 5 heteroatoms. The molecule has 0 radical (unpaired) electrons. The van der Waals surface area contributed by atoms with Gasteiger partial charge in [-0.1, -0.05) is 6.92 Å². The highest BCUT2D eigenvalue weighted by Crippen LogP contribution is 2.22. The van der Waals surface area contributed by atoms with Crippen molar-refractivity contribution >= 4 is 33.8 Å². The quantitative estimate of drug-likeness (QED) is 0.663. The highest BCUT2D eigenvalue weighted by Gasteiger charge is 2.08. The van der Waals surface area contributed by atoms with E-state index in [-0.39, 0.29) is 0 Å². The van der Waals surface area contributed by atoms with Crippen molar-refractivity contribution in [3.8, 4) is 0 Å². The number of aromatic nitrogens is 4. The molecule has 2 heterocycles. The minimum atomic E-state index is 0.923. The molecule has 0 aliphatic carbocycles. The first kappa shape index (κ1) is 8.79. The van der Waals surface area contributed by atoms with Crippen LogP contribution in [-0.2, 0) is 6.54 Å². The van der Waals surface area contributed by atoms with Gasteiger partial charge < -0.3 is 4.57 Å². The van der Waals surface area contributed by atoms with E-state index in [0.717, 1.165) is 35.0 Å². The molecular weight excluding hydrogens is 208 g/mol. The van der Waals surface area contributed by atoms with Gasteiger partial charge in [-0.25, -0.2) is 4.98 Å². The number of hydrogen-bond acceptors (Lipinski definition) is 4. The highest BCUT2D eigenvalue weighted by molar-refractivity contribution is 7.00. The van der Waals surface area contributed by atoms with Crippen LogP contribution in [0.1, 0.15) is 13.3 Å². The van der Waals surface area contributed by atoms with E-state index >= 15 is 0 Å². The molecule has 0 N–H and O–H groups in total. The Morgan fingerprint density at radius 2 is 2.20 bits per heavy atom. The number of hydrogen-bond donors (Lipinski definition) is 0. The van der Waals surface area contributed by atoms with E-state index < -0.39 is 0 Å². The van der Waals surface area contributed by atoms with Crippen LogP contribution in [0.4, 0.5) is 0 Å². The van der Waals surface area contributed by atoms with Crippen molar-refractivity contribution in [1.82, 2.24) is 18.3 Å². The van der Waals surface area contributed by atoms with Gasteiger partial charge in [0.2, 0.25) is 0 Å². The van der Waals surface area contributed by atoms with Gasteiger partial charge in [-0.2, -0.15) is 8.75 Å². The zero-order valence-electron chi connectivity index (χ0n) is 8.34. The van der Waals surface area contributed by atoms with E-state index in [4.69, 9.17) is 0 Å². The minimum Gasteiger partial charge on any atom is -0.331 e. The number of benzene rings is 1. The Labute approximate surface area is 90.9 Å². The number of aryl methyl sites for hydroxylation is 1. The second-order valence-corrected chi connectivity index (χ2v) is 4.03. The molecule has 0 atom stereocenters. The zero-order valence-corrected chi connectivity index (χ0v) is 9.16. The SMILES string of the molecule is CCCn1cnc2c3nsnc3ccc21. The lowest BCUT2D eigenvalue weighted by Crippen LogP contribution is -1.93. The van der Waals surface area contributed by atoms with Gasteiger partial charge in [-0.15, -0.1) is 0 Å². The van der Waals surface area contributed by atoms with Crippen molar-refractivity contribution in [2.75, 3.05) is 0 Å². The Hall–Kier alpha value is -1.49. The Bertz CT molecular complexity index is 610. The van der Waals surface area contributed by atoms with Gasteiger partial charge in [-0.05, 0) is 18.6 Å². The van der Waals surface area contributed by atoms with Gasteiger partial charge in [0, 0.05) is 6.54 Å². The molecule has 0 amide bonds. The summed E-state index contributed by atoms with van der Waals surface area (Å²) in [7, 11) is 0. The zero-order chi connectivity index (χ0) is 10.3. The lowest BCUT2D eigenvalue weighted by atomic mass is 10.2. The van der Waals surface area contributed by atoms with Crippen LogP contribution in [0.5, 0.6) is 0 Å². The molecule has 76 valence electrons. The summed E-state index contributed by atoms with van der Waals surface area (Å²) in [5, 5.41) is 0. The van der Waals surface area contributed by atoms with E-state index in [0.29, 0.717) is 0 Å². The van der Waals surface area contributed by atoms with E-state index in [9.17, 15) is 0 Å². The fourth-order valence-corrected chi connectivity index (χ4v) is 2.33. The second kappa shape index (κ2) is 3.27. The van der Waals surface area contributed by atoms with Crippen LogP contribution in [0.3, 0.4) is 0 Å². The van der Waals surface area contributed by atoms with Gasteiger partial charge in [0.05, 0.1) is 23.6 Å². The molecule has 2 aromatic heterocycles. The van der Waals surface area contributed by atoms with E-state index in [1.54, 1.807) is 0 Å². The first-order chi connectivity index (χ1) is 7.40. The molecule has 3 rings (SSSR count). The Morgan fingerprint density at radius 3 is 3.07 bits per heavy atom. The summed E-state index contributed by atoms with van der Waals surface area (Å²) < 4.78 is 10.6. The van der Waals surface area contributed by atoms with E-state index in [1.807, 2.05) is 12.4 Å². The molecule has 0 bridgehead atoms. The van der Waals surface area contributed by atoms with Gasteiger partial charge in [0.25, 0.3) is 0 Å². The van der Waals surface area contributed by atoms with Crippen LogP contribution in [-0.4, -0.2) is 18.3 Å². The van der Waals surface area contributed by atoms with Crippen molar-refractivity contribution in [3.05, 3.63) is 18.5 Å². The largest absolute Gasteiger partial charge is 0.331 e. The topological polar surface area (TPSA) is 43.6 Å². The number of imidazole rings is 1. The van der Waals surface area contributed by atoms with Crippen LogP contribution in [0, 0.1) is 0 Å². The third-order valence-electron chi connectivity index (χ3n) is 2.48. The maximum absolute atomic E-state index is 4.40. The summed E-state index contributed by atoms with van der Waals surface area (Å²) in [6.07, 6.45) is 2.99. The third-order valence-corrected chi connectivity index (χ3v) is 3.02. The Kier molecular flexibility index (Phi) is 1.92. The minimum absolute atomic E-state index is 0.923. The molecule has 3 aromatic rings. The predicted molar refractivity (Wildman–Crippen MR) is 61.0 cm³/mol. The first-order valence-corrected chi connectivity index (χ1v) is 5.69. The maximum atomic E-state index is 4.40.